The van der Waals surface area contributed by atoms with Gasteiger partial charge in [0.15, 0.2) is 25.4 Å². The summed E-state index contributed by atoms with van der Waals surface area (Å²) in [5, 5.41) is 4.43. The molecule has 2 atom stereocenters. The monoisotopic (exact) mass is 672 g/mol. The highest BCUT2D eigenvalue weighted by Crippen LogP contribution is 2.10. The molecule has 0 spiro atoms. The van der Waals surface area contributed by atoms with Gasteiger partial charge >= 0.3 is 29.8 Å². The Morgan fingerprint density at radius 2 is 1.28 bits per heavy atom. The zero-order valence-corrected chi connectivity index (χ0v) is 26.2. The van der Waals surface area contributed by atoms with Crippen molar-refractivity contribution in [1.82, 2.24) is 10.6 Å². The van der Waals surface area contributed by atoms with Gasteiger partial charge in [-0.25, -0.2) is 9.59 Å². The quantitative estimate of drug-likeness (QED) is 0.143. The lowest BCUT2D eigenvalue weighted by Crippen LogP contribution is -2.44. The summed E-state index contributed by atoms with van der Waals surface area (Å²) < 4.78 is 24.9. The zero-order valence-electron chi connectivity index (χ0n) is 24.6. The van der Waals surface area contributed by atoms with Crippen LogP contribution in [0, 0.1) is 5.92 Å². The Balaban J connectivity index is 2.65. The van der Waals surface area contributed by atoms with E-state index in [1.165, 1.54) is 0 Å². The van der Waals surface area contributed by atoms with Crippen molar-refractivity contribution in [2.45, 2.75) is 58.8 Å². The number of halogens is 1. The lowest BCUT2D eigenvalue weighted by molar-refractivity contribution is -0.167. The molecule has 1 aromatic carbocycles. The molecule has 0 aliphatic heterocycles. The fourth-order valence-electron chi connectivity index (χ4n) is 3.16. The van der Waals surface area contributed by atoms with Gasteiger partial charge in [0.2, 0.25) is 0 Å². The van der Waals surface area contributed by atoms with E-state index in [0.717, 1.165) is 0 Å². The van der Waals surface area contributed by atoms with Crippen LogP contribution in [0.15, 0.2) is 30.3 Å². The number of nitrogens with one attached hydrogen (secondary N) is 2. The van der Waals surface area contributed by atoms with Crippen molar-refractivity contribution in [1.29, 1.82) is 0 Å². The fourth-order valence-corrected chi connectivity index (χ4v) is 3.29. The number of carbonyl (C=O) groups excluding carboxylic acids is 7. The predicted octanol–water partition coefficient (Wildman–Crippen LogP) is 0.764. The number of benzene rings is 1. The Morgan fingerprint density at radius 1 is 0.744 bits per heavy atom. The molecule has 0 aromatic heterocycles. The van der Waals surface area contributed by atoms with Crippen LogP contribution in [0.4, 0.5) is 0 Å². The lowest BCUT2D eigenvalue weighted by Gasteiger charge is -2.20. The van der Waals surface area contributed by atoms with Gasteiger partial charge in [-0.15, -0.1) is 0 Å². The van der Waals surface area contributed by atoms with E-state index in [1.807, 2.05) is 0 Å². The van der Waals surface area contributed by atoms with Crippen molar-refractivity contribution in [3.8, 4) is 0 Å². The van der Waals surface area contributed by atoms with Gasteiger partial charge in [0.1, 0.15) is 24.0 Å². The topological polar surface area (TPSA) is 190 Å². The van der Waals surface area contributed by atoms with Gasteiger partial charge in [-0.2, -0.15) is 0 Å². The maximum Gasteiger partial charge on any atom is 0.345 e. The summed E-state index contributed by atoms with van der Waals surface area (Å²) in [4.78, 5) is 84.7. The number of carbonyl (C=O) groups is 7. The van der Waals surface area contributed by atoms with Gasteiger partial charge in [-0.3, -0.25) is 24.0 Å². The summed E-state index contributed by atoms with van der Waals surface area (Å²) in [7, 11) is 0. The Hall–Kier alpha value is -4.01. The second kappa shape index (κ2) is 18.5. The summed E-state index contributed by atoms with van der Waals surface area (Å²) in [5.41, 5.74) is -0.141. The van der Waals surface area contributed by atoms with E-state index >= 15 is 0 Å². The first-order valence-corrected chi connectivity index (χ1v) is 14.3. The van der Waals surface area contributed by atoms with E-state index in [2.05, 4.69) is 26.6 Å². The maximum atomic E-state index is 12.8. The molecule has 2 unspecified atom stereocenters. The molecule has 0 fully saturated rings. The lowest BCUT2D eigenvalue weighted by atomic mass is 10.1. The Kier molecular flexibility index (Phi) is 15.9. The van der Waals surface area contributed by atoms with Crippen molar-refractivity contribution < 1.29 is 57.2 Å². The number of hydrogen-bond acceptors (Lipinski definition) is 12. The predicted molar refractivity (Wildman–Crippen MR) is 152 cm³/mol. The molecular formula is C28H37BrN2O12. The molecule has 0 saturated carbocycles. The summed E-state index contributed by atoms with van der Waals surface area (Å²) in [5.74, 6) is -6.38. The molecule has 0 heterocycles. The van der Waals surface area contributed by atoms with Gasteiger partial charge < -0.3 is 34.3 Å². The fraction of sp³-hybridized carbons (Fsp3) is 0.536. The van der Waals surface area contributed by atoms with E-state index in [-0.39, 0.29) is 17.7 Å². The molecule has 0 saturated heterocycles. The van der Waals surface area contributed by atoms with Gasteiger partial charge in [-0.1, -0.05) is 60.1 Å². The summed E-state index contributed by atoms with van der Waals surface area (Å²) >= 11 is 2.93. The van der Waals surface area contributed by atoms with Crippen LogP contribution >= 0.6 is 15.9 Å². The summed E-state index contributed by atoms with van der Waals surface area (Å²) in [6.45, 7) is 5.46. The van der Waals surface area contributed by atoms with Crippen molar-refractivity contribution in [2.24, 2.45) is 5.92 Å². The highest BCUT2D eigenvalue weighted by molar-refractivity contribution is 9.09. The summed E-state index contributed by atoms with van der Waals surface area (Å²) in [6, 6.07) is 8.54. The van der Waals surface area contributed by atoms with Crippen LogP contribution < -0.4 is 10.6 Å². The number of rotatable bonds is 16. The highest BCUT2D eigenvalue weighted by Gasteiger charge is 2.28. The largest absolute Gasteiger partial charge is 0.457 e. The molecule has 15 heteroatoms. The smallest absolute Gasteiger partial charge is 0.345 e. The molecule has 0 bridgehead atoms. The van der Waals surface area contributed by atoms with Crippen LogP contribution in [0.5, 0.6) is 0 Å². The Morgan fingerprint density at radius 3 is 1.79 bits per heavy atom. The molecule has 2 amide bonds. The van der Waals surface area contributed by atoms with E-state index in [0.29, 0.717) is 5.56 Å². The third kappa shape index (κ3) is 16.3. The third-order valence-corrected chi connectivity index (χ3v) is 5.46. The molecule has 43 heavy (non-hydrogen) atoms. The Bertz CT molecular complexity index is 1130. The van der Waals surface area contributed by atoms with E-state index in [9.17, 15) is 33.6 Å². The molecule has 2 N–H and O–H groups in total. The maximum absolute atomic E-state index is 12.8. The van der Waals surface area contributed by atoms with E-state index in [4.69, 9.17) is 23.7 Å². The van der Waals surface area contributed by atoms with Gasteiger partial charge in [0.25, 0.3) is 11.8 Å². The minimum absolute atomic E-state index is 0.0704. The molecule has 0 radical (unpaired) electrons. The van der Waals surface area contributed by atoms with Gasteiger partial charge in [0.05, 0.1) is 0 Å². The average Bonchev–Trinajstić information content (AvgIpc) is 2.94. The first-order valence-electron chi connectivity index (χ1n) is 13.2. The molecule has 1 rings (SSSR count). The van der Waals surface area contributed by atoms with Crippen LogP contribution in [0.2, 0.25) is 0 Å². The zero-order chi connectivity index (χ0) is 32.6. The van der Waals surface area contributed by atoms with Crippen LogP contribution in [0.3, 0.4) is 0 Å². The van der Waals surface area contributed by atoms with Crippen LogP contribution in [0.1, 0.15) is 40.2 Å². The van der Waals surface area contributed by atoms with E-state index < -0.39 is 85.8 Å². The van der Waals surface area contributed by atoms with Crippen LogP contribution in [-0.4, -0.2) is 91.1 Å². The van der Waals surface area contributed by atoms with Gasteiger partial charge in [0, 0.05) is 6.42 Å². The third-order valence-electron chi connectivity index (χ3n) is 5.00. The normalized spacial score (nSPS) is 12.3. The first kappa shape index (κ1) is 37.0. The second-order valence-corrected chi connectivity index (χ2v) is 10.9. The Labute approximate surface area is 257 Å². The average molecular weight is 674 g/mol. The molecule has 0 aliphatic rings. The highest BCUT2D eigenvalue weighted by atomic mass is 79.9. The van der Waals surface area contributed by atoms with Crippen molar-refractivity contribution in [3.63, 3.8) is 0 Å². The van der Waals surface area contributed by atoms with Crippen LogP contribution in [-0.2, 0) is 63.7 Å². The standard InChI is InChI=1S/C28H37BrN2O12/c1-17(2)25(42-20(32)12-29)27(38)31-14-22(34)39-15-23(35)41-19(11-18-9-7-6-8-10-18)26(37)30-13-21(33)40-16-24(36)43-28(3,4)5/h6-10,17,19,25H,11-16H2,1-5H3,(H,30,37)(H,31,38). The molecule has 238 valence electrons. The minimum Gasteiger partial charge on any atom is -0.457 e. The molecule has 1 aromatic rings. The number of ether oxygens (including phenoxy) is 5. The summed E-state index contributed by atoms with van der Waals surface area (Å²) in [6.07, 6.45) is -2.63. The first-order chi connectivity index (χ1) is 20.1. The SMILES string of the molecule is CC(C)C(OC(=O)CBr)C(=O)NCC(=O)OCC(=O)OC(Cc1ccccc1)C(=O)NCC(=O)OCC(=O)OC(C)(C)C. The second-order valence-electron chi connectivity index (χ2n) is 10.3. The number of alkyl halides is 1. The molecular weight excluding hydrogens is 636 g/mol. The van der Waals surface area contributed by atoms with Gasteiger partial charge in [-0.05, 0) is 32.3 Å². The number of esters is 5. The molecule has 0 aliphatic carbocycles. The van der Waals surface area contributed by atoms with Crippen molar-refractivity contribution >= 4 is 57.6 Å². The number of hydrogen-bond donors (Lipinski definition) is 2. The molecule has 14 nitrogen and oxygen atoms in total. The van der Waals surface area contributed by atoms with Crippen molar-refractivity contribution in [2.75, 3.05) is 31.6 Å². The van der Waals surface area contributed by atoms with E-state index in [1.54, 1.807) is 65.0 Å². The minimum atomic E-state index is -1.41. The van der Waals surface area contributed by atoms with Crippen molar-refractivity contribution in [3.05, 3.63) is 35.9 Å². The number of amides is 2. The van der Waals surface area contributed by atoms with Crippen LogP contribution in [0.25, 0.3) is 0 Å².